The Morgan fingerprint density at radius 1 is 0.525 bits per heavy atom. The molecule has 206 valence electrons. The molecule has 1 heterocycles. The van der Waals surface area contributed by atoms with Gasteiger partial charge in [-0.2, -0.15) is 0 Å². The number of nitrogens with zero attached hydrogens (tertiary/aromatic N) is 2. The Bertz CT molecular complexity index is 1270. The maximum absolute atomic E-state index is 14.6. The molecule has 1 aliphatic rings. The van der Waals surface area contributed by atoms with Gasteiger partial charge in [0.15, 0.2) is 0 Å². The highest BCUT2D eigenvalue weighted by atomic mass is 16.3. The summed E-state index contributed by atoms with van der Waals surface area (Å²) in [5.74, 6) is 0. The van der Waals surface area contributed by atoms with E-state index in [2.05, 4.69) is 0 Å². The number of aliphatic hydroxyl groups is 2. The molecular weight excluding hydrogens is 500 g/mol. The molecule has 0 unspecified atom stereocenters. The molecular formula is C33H36N4O3. The van der Waals surface area contributed by atoms with Gasteiger partial charge in [0.2, 0.25) is 0 Å². The number of rotatable bonds is 8. The van der Waals surface area contributed by atoms with Gasteiger partial charge in [0.05, 0.1) is 12.1 Å². The summed E-state index contributed by atoms with van der Waals surface area (Å²) < 4.78 is 0. The first-order valence-corrected chi connectivity index (χ1v) is 13.6. The average Bonchev–Trinajstić information content (AvgIpc) is 3.03. The van der Waals surface area contributed by atoms with Crippen LogP contribution in [0.25, 0.3) is 0 Å². The molecule has 0 bridgehead atoms. The highest BCUT2D eigenvalue weighted by Crippen LogP contribution is 2.30. The van der Waals surface area contributed by atoms with Crippen molar-refractivity contribution in [1.82, 2.24) is 9.80 Å². The Morgan fingerprint density at radius 2 is 0.875 bits per heavy atom. The topological polar surface area (TPSA) is 116 Å². The van der Waals surface area contributed by atoms with Gasteiger partial charge < -0.3 is 31.5 Å². The minimum atomic E-state index is -1.18. The van der Waals surface area contributed by atoms with Crippen molar-refractivity contribution in [2.45, 2.75) is 50.2 Å². The smallest absolute Gasteiger partial charge is 0.321 e. The van der Waals surface area contributed by atoms with Gasteiger partial charge in [-0.1, -0.05) is 84.9 Å². The number of carbonyl (C=O) groups excluding carboxylic acids is 1. The number of hydrogen-bond acceptors (Lipinski definition) is 5. The number of amides is 2. The number of hydrogen-bond donors (Lipinski definition) is 4. The Kier molecular flexibility index (Phi) is 8.34. The molecule has 0 saturated carbocycles. The van der Waals surface area contributed by atoms with Crippen LogP contribution in [-0.2, 0) is 25.9 Å². The molecule has 4 aromatic carbocycles. The Hall–Kier alpha value is -4.33. The monoisotopic (exact) mass is 536 g/mol. The molecule has 1 fully saturated rings. The normalized spacial score (nSPS) is 21.3. The van der Waals surface area contributed by atoms with E-state index in [4.69, 9.17) is 11.5 Å². The van der Waals surface area contributed by atoms with Crippen molar-refractivity contribution in [2.24, 2.45) is 0 Å². The summed E-state index contributed by atoms with van der Waals surface area (Å²) in [5, 5.41) is 23.5. The zero-order chi connectivity index (χ0) is 28.1. The first-order chi connectivity index (χ1) is 19.4. The lowest BCUT2D eigenvalue weighted by atomic mass is 9.91. The molecule has 5 rings (SSSR count). The average molecular weight is 537 g/mol. The predicted molar refractivity (Wildman–Crippen MR) is 158 cm³/mol. The molecule has 2 amide bonds. The maximum Gasteiger partial charge on any atom is 0.321 e. The SMILES string of the molecule is Nc1ccc(CN2C(=O)N(Cc3ccc(N)cc3)[C@H](Cc3ccccc3)[C@H](O)[C@@H](O)[C@H]2Cc2ccccc2)cc1. The van der Waals surface area contributed by atoms with Crippen LogP contribution in [0, 0.1) is 0 Å². The van der Waals surface area contributed by atoms with Gasteiger partial charge in [0, 0.05) is 24.5 Å². The summed E-state index contributed by atoms with van der Waals surface area (Å²) in [6.45, 7) is 0.521. The van der Waals surface area contributed by atoms with E-state index < -0.39 is 24.3 Å². The molecule has 7 heteroatoms. The molecule has 1 saturated heterocycles. The van der Waals surface area contributed by atoms with Crippen LogP contribution in [0.5, 0.6) is 0 Å². The lowest BCUT2D eigenvalue weighted by molar-refractivity contribution is -0.0408. The fourth-order valence-corrected chi connectivity index (χ4v) is 5.45. The molecule has 0 aromatic heterocycles. The molecule has 4 aromatic rings. The molecule has 0 aliphatic carbocycles. The highest BCUT2D eigenvalue weighted by molar-refractivity contribution is 5.76. The Balaban J connectivity index is 1.57. The van der Waals surface area contributed by atoms with Crippen molar-refractivity contribution >= 4 is 17.4 Å². The summed E-state index contributed by atoms with van der Waals surface area (Å²) in [4.78, 5) is 18.0. The van der Waals surface area contributed by atoms with Gasteiger partial charge in [-0.3, -0.25) is 0 Å². The van der Waals surface area contributed by atoms with Crippen molar-refractivity contribution in [3.05, 3.63) is 131 Å². The number of anilines is 2. The fourth-order valence-electron chi connectivity index (χ4n) is 5.45. The molecule has 40 heavy (non-hydrogen) atoms. The number of carbonyl (C=O) groups is 1. The molecule has 0 radical (unpaired) electrons. The van der Waals surface area contributed by atoms with Crippen molar-refractivity contribution in [3.8, 4) is 0 Å². The van der Waals surface area contributed by atoms with Gasteiger partial charge >= 0.3 is 6.03 Å². The minimum Gasteiger partial charge on any atom is -0.399 e. The van der Waals surface area contributed by atoms with E-state index in [1.807, 2.05) is 84.9 Å². The van der Waals surface area contributed by atoms with Crippen LogP contribution < -0.4 is 11.5 Å². The molecule has 0 spiro atoms. The van der Waals surface area contributed by atoms with Gasteiger partial charge in [-0.05, 0) is 59.4 Å². The number of benzene rings is 4. The first-order valence-electron chi connectivity index (χ1n) is 13.6. The standard InChI is InChI=1S/C33H36N4O3/c34-27-15-11-25(12-16-27)21-36-29(19-23-7-3-1-4-8-23)31(38)32(39)30(20-24-9-5-2-6-10-24)37(33(36)40)22-26-13-17-28(35)18-14-26/h1-18,29-32,38-39H,19-22,34-35H2/t29-,30-,31+,32+/m1/s1. The lowest BCUT2D eigenvalue weighted by Crippen LogP contribution is -2.50. The zero-order valence-electron chi connectivity index (χ0n) is 22.4. The van der Waals surface area contributed by atoms with Crippen LogP contribution >= 0.6 is 0 Å². The second-order valence-corrected chi connectivity index (χ2v) is 10.5. The molecule has 6 N–H and O–H groups in total. The van der Waals surface area contributed by atoms with Crippen LogP contribution in [0.2, 0.25) is 0 Å². The lowest BCUT2D eigenvalue weighted by Gasteiger charge is -2.36. The maximum atomic E-state index is 14.6. The zero-order valence-corrected chi connectivity index (χ0v) is 22.4. The summed E-state index contributed by atoms with van der Waals surface area (Å²) in [6.07, 6.45) is -1.56. The fraction of sp³-hybridized carbons (Fsp3) is 0.242. The van der Waals surface area contributed by atoms with E-state index in [1.165, 1.54) is 0 Å². The minimum absolute atomic E-state index is 0.244. The second kappa shape index (κ2) is 12.2. The van der Waals surface area contributed by atoms with Crippen LogP contribution in [-0.4, -0.2) is 50.3 Å². The van der Waals surface area contributed by atoms with Crippen LogP contribution in [0.3, 0.4) is 0 Å². The summed E-state index contributed by atoms with van der Waals surface area (Å²) in [5.41, 5.74) is 16.8. The third-order valence-electron chi connectivity index (χ3n) is 7.67. The molecule has 1 aliphatic heterocycles. The highest BCUT2D eigenvalue weighted by Gasteiger charge is 2.46. The predicted octanol–water partition coefficient (Wildman–Crippen LogP) is 4.23. The van der Waals surface area contributed by atoms with Crippen LogP contribution in [0.4, 0.5) is 16.2 Å². The number of urea groups is 1. The van der Waals surface area contributed by atoms with E-state index in [9.17, 15) is 15.0 Å². The summed E-state index contributed by atoms with van der Waals surface area (Å²) >= 11 is 0. The summed E-state index contributed by atoms with van der Waals surface area (Å²) in [7, 11) is 0. The van der Waals surface area contributed by atoms with Gasteiger partial charge in [-0.15, -0.1) is 0 Å². The van der Waals surface area contributed by atoms with Gasteiger partial charge in [0.25, 0.3) is 0 Å². The van der Waals surface area contributed by atoms with E-state index in [1.54, 1.807) is 34.1 Å². The van der Waals surface area contributed by atoms with Crippen molar-refractivity contribution in [2.75, 3.05) is 11.5 Å². The summed E-state index contributed by atoms with van der Waals surface area (Å²) in [6, 6.07) is 32.7. The van der Waals surface area contributed by atoms with Gasteiger partial charge in [-0.25, -0.2) is 4.79 Å². The number of nitrogens with two attached hydrogens (primary N) is 2. The number of nitrogen functional groups attached to an aromatic ring is 2. The van der Waals surface area contributed by atoms with E-state index in [0.717, 1.165) is 22.3 Å². The van der Waals surface area contributed by atoms with Crippen LogP contribution in [0.1, 0.15) is 22.3 Å². The molecule has 7 nitrogen and oxygen atoms in total. The first kappa shape index (κ1) is 27.2. The third-order valence-corrected chi connectivity index (χ3v) is 7.67. The third kappa shape index (κ3) is 6.28. The van der Waals surface area contributed by atoms with Gasteiger partial charge in [0.1, 0.15) is 12.2 Å². The van der Waals surface area contributed by atoms with E-state index in [0.29, 0.717) is 24.2 Å². The largest absolute Gasteiger partial charge is 0.399 e. The molecule has 4 atom stereocenters. The van der Waals surface area contributed by atoms with E-state index in [-0.39, 0.29) is 19.1 Å². The van der Waals surface area contributed by atoms with Crippen molar-refractivity contribution < 1.29 is 15.0 Å². The van der Waals surface area contributed by atoms with Crippen molar-refractivity contribution in [3.63, 3.8) is 0 Å². The number of aliphatic hydroxyl groups excluding tert-OH is 2. The Labute approximate surface area is 235 Å². The Morgan fingerprint density at radius 3 is 1.23 bits per heavy atom. The van der Waals surface area contributed by atoms with Crippen LogP contribution in [0.15, 0.2) is 109 Å². The van der Waals surface area contributed by atoms with E-state index >= 15 is 0 Å². The quantitative estimate of drug-likeness (QED) is 0.252. The van der Waals surface area contributed by atoms with Crippen molar-refractivity contribution in [1.29, 1.82) is 0 Å². The second-order valence-electron chi connectivity index (χ2n) is 10.5.